The highest BCUT2D eigenvalue weighted by atomic mass is 19.4. The van der Waals surface area contributed by atoms with Crippen LogP contribution in [-0.2, 0) is 17.4 Å². The number of nitrogens with one attached hydrogen (secondary N) is 1. The Morgan fingerprint density at radius 3 is 2.38 bits per heavy atom. The molecule has 0 radical (unpaired) electrons. The number of rotatable bonds is 5. The van der Waals surface area contributed by atoms with Crippen molar-refractivity contribution >= 4 is 11.6 Å². The van der Waals surface area contributed by atoms with Crippen molar-refractivity contribution < 1.29 is 22.7 Å². The highest BCUT2D eigenvalue weighted by Crippen LogP contribution is 2.33. The Bertz CT molecular complexity index is 709. The lowest BCUT2D eigenvalue weighted by Crippen LogP contribution is -2.14. The summed E-state index contributed by atoms with van der Waals surface area (Å²) in [6.45, 7) is 1.39. The van der Waals surface area contributed by atoms with Gasteiger partial charge in [0.15, 0.2) is 0 Å². The third-order valence-corrected chi connectivity index (χ3v) is 3.63. The molecule has 1 N–H and O–H groups in total. The molecule has 0 heterocycles. The van der Waals surface area contributed by atoms with E-state index in [1.165, 1.54) is 19.1 Å². The summed E-state index contributed by atoms with van der Waals surface area (Å²) in [5.74, 6) is 0.394. The Morgan fingerprint density at radius 2 is 1.79 bits per heavy atom. The Balaban J connectivity index is 1.97. The Hall–Kier alpha value is -2.50. The first-order chi connectivity index (χ1) is 11.3. The lowest BCUT2D eigenvalue weighted by atomic mass is 10.1. The molecule has 0 aliphatic carbocycles. The summed E-state index contributed by atoms with van der Waals surface area (Å²) in [5, 5.41) is 2.51. The van der Waals surface area contributed by atoms with E-state index in [0.717, 1.165) is 17.4 Å². The van der Waals surface area contributed by atoms with Crippen molar-refractivity contribution in [2.75, 3.05) is 12.4 Å². The average Bonchev–Trinajstić information content (AvgIpc) is 2.54. The SMILES string of the molecule is COc1ccc(CCC(=O)Nc2ccc(C)c(C(F)(F)F)c2)cc1. The highest BCUT2D eigenvalue weighted by Gasteiger charge is 2.32. The molecule has 0 fully saturated rings. The van der Waals surface area contributed by atoms with E-state index in [2.05, 4.69) is 5.32 Å². The van der Waals surface area contributed by atoms with Gasteiger partial charge in [0, 0.05) is 12.1 Å². The minimum atomic E-state index is -4.44. The standard InChI is InChI=1S/C18H18F3NO2/c1-12-3-7-14(11-16(12)18(19,20)21)22-17(23)10-6-13-4-8-15(24-2)9-5-13/h3-5,7-9,11H,6,10H2,1-2H3,(H,22,23). The smallest absolute Gasteiger partial charge is 0.416 e. The first-order valence-electron chi connectivity index (χ1n) is 7.40. The summed E-state index contributed by atoms with van der Waals surface area (Å²) >= 11 is 0. The molecule has 0 spiro atoms. The van der Waals surface area contributed by atoms with E-state index in [1.54, 1.807) is 19.2 Å². The van der Waals surface area contributed by atoms with Gasteiger partial charge in [0.05, 0.1) is 12.7 Å². The number of ether oxygens (including phenoxy) is 1. The second kappa shape index (κ2) is 7.38. The number of benzene rings is 2. The van der Waals surface area contributed by atoms with Gasteiger partial charge in [-0.05, 0) is 48.7 Å². The number of carbonyl (C=O) groups excluding carboxylic acids is 1. The van der Waals surface area contributed by atoms with Crippen LogP contribution in [0.25, 0.3) is 0 Å². The van der Waals surface area contributed by atoms with Gasteiger partial charge in [-0.25, -0.2) is 0 Å². The number of alkyl halides is 3. The Morgan fingerprint density at radius 1 is 1.12 bits per heavy atom. The second-order valence-electron chi connectivity index (χ2n) is 5.42. The lowest BCUT2D eigenvalue weighted by Gasteiger charge is -2.13. The van der Waals surface area contributed by atoms with Gasteiger partial charge in [-0.3, -0.25) is 4.79 Å². The molecule has 0 aliphatic rings. The van der Waals surface area contributed by atoms with Crippen LogP contribution in [0.4, 0.5) is 18.9 Å². The van der Waals surface area contributed by atoms with Crippen molar-refractivity contribution in [2.45, 2.75) is 25.9 Å². The van der Waals surface area contributed by atoms with Crippen LogP contribution < -0.4 is 10.1 Å². The van der Waals surface area contributed by atoms with Gasteiger partial charge in [0.1, 0.15) is 5.75 Å². The van der Waals surface area contributed by atoms with Gasteiger partial charge >= 0.3 is 6.18 Å². The van der Waals surface area contributed by atoms with Gasteiger partial charge in [-0.2, -0.15) is 13.2 Å². The molecule has 2 aromatic carbocycles. The van der Waals surface area contributed by atoms with Crippen molar-refractivity contribution in [1.29, 1.82) is 0 Å². The molecule has 0 aromatic heterocycles. The summed E-state index contributed by atoms with van der Waals surface area (Å²) in [5.41, 5.74) is 0.479. The number of aryl methyl sites for hydroxylation is 2. The van der Waals surface area contributed by atoms with Gasteiger partial charge < -0.3 is 10.1 Å². The van der Waals surface area contributed by atoms with E-state index < -0.39 is 11.7 Å². The van der Waals surface area contributed by atoms with Crippen molar-refractivity contribution in [3.05, 3.63) is 59.2 Å². The zero-order chi connectivity index (χ0) is 17.7. The maximum atomic E-state index is 12.9. The topological polar surface area (TPSA) is 38.3 Å². The van der Waals surface area contributed by atoms with E-state index in [-0.39, 0.29) is 23.6 Å². The molecular weight excluding hydrogens is 319 g/mol. The maximum absolute atomic E-state index is 12.9. The normalized spacial score (nSPS) is 11.2. The quantitative estimate of drug-likeness (QED) is 0.866. The number of anilines is 1. The van der Waals surface area contributed by atoms with Crippen LogP contribution in [0.2, 0.25) is 0 Å². The fourth-order valence-corrected chi connectivity index (χ4v) is 2.28. The summed E-state index contributed by atoms with van der Waals surface area (Å²) in [7, 11) is 1.57. The summed E-state index contributed by atoms with van der Waals surface area (Å²) in [6, 6.07) is 11.1. The van der Waals surface area contributed by atoms with Crippen LogP contribution >= 0.6 is 0 Å². The number of hydrogen-bond acceptors (Lipinski definition) is 2. The highest BCUT2D eigenvalue weighted by molar-refractivity contribution is 5.91. The van der Waals surface area contributed by atoms with Crippen molar-refractivity contribution in [1.82, 2.24) is 0 Å². The number of methoxy groups -OCH3 is 1. The Labute approximate surface area is 138 Å². The molecule has 2 rings (SSSR count). The zero-order valence-corrected chi connectivity index (χ0v) is 13.4. The molecule has 0 saturated heterocycles. The van der Waals surface area contributed by atoms with Crippen LogP contribution in [0.5, 0.6) is 5.75 Å². The average molecular weight is 337 g/mol. The largest absolute Gasteiger partial charge is 0.497 e. The van der Waals surface area contributed by atoms with Gasteiger partial charge in [-0.15, -0.1) is 0 Å². The van der Waals surface area contributed by atoms with Crippen molar-refractivity contribution in [2.24, 2.45) is 0 Å². The van der Waals surface area contributed by atoms with Crippen LogP contribution in [0, 0.1) is 6.92 Å². The predicted octanol–water partition coefficient (Wildman–Crippen LogP) is 4.59. The van der Waals surface area contributed by atoms with E-state index in [0.29, 0.717) is 6.42 Å². The van der Waals surface area contributed by atoms with Crippen molar-refractivity contribution in [3.8, 4) is 5.75 Å². The predicted molar refractivity (Wildman–Crippen MR) is 86.1 cm³/mol. The van der Waals surface area contributed by atoms with Crippen LogP contribution in [-0.4, -0.2) is 13.0 Å². The van der Waals surface area contributed by atoms with E-state index in [1.807, 2.05) is 12.1 Å². The monoisotopic (exact) mass is 337 g/mol. The summed E-state index contributed by atoms with van der Waals surface area (Å²) < 4.78 is 43.7. The molecule has 24 heavy (non-hydrogen) atoms. The first-order valence-corrected chi connectivity index (χ1v) is 7.40. The van der Waals surface area contributed by atoms with Crippen LogP contribution in [0.1, 0.15) is 23.1 Å². The number of carbonyl (C=O) groups is 1. The van der Waals surface area contributed by atoms with Crippen LogP contribution in [0.15, 0.2) is 42.5 Å². The van der Waals surface area contributed by atoms with E-state index >= 15 is 0 Å². The summed E-state index contributed by atoms with van der Waals surface area (Å²) in [4.78, 5) is 11.9. The van der Waals surface area contributed by atoms with Crippen molar-refractivity contribution in [3.63, 3.8) is 0 Å². The van der Waals surface area contributed by atoms with Gasteiger partial charge in [0.2, 0.25) is 5.91 Å². The Kier molecular flexibility index (Phi) is 5.49. The number of halogens is 3. The van der Waals surface area contributed by atoms with Gasteiger partial charge in [-0.1, -0.05) is 18.2 Å². The number of amides is 1. The molecule has 0 atom stereocenters. The van der Waals surface area contributed by atoms with E-state index in [4.69, 9.17) is 4.74 Å². The fraction of sp³-hybridized carbons (Fsp3) is 0.278. The minimum absolute atomic E-state index is 0.124. The lowest BCUT2D eigenvalue weighted by molar-refractivity contribution is -0.138. The second-order valence-corrected chi connectivity index (χ2v) is 5.42. The van der Waals surface area contributed by atoms with Crippen LogP contribution in [0.3, 0.4) is 0 Å². The molecule has 128 valence electrons. The molecule has 0 unspecified atom stereocenters. The van der Waals surface area contributed by atoms with Gasteiger partial charge in [0.25, 0.3) is 0 Å². The molecule has 1 amide bonds. The molecule has 3 nitrogen and oxygen atoms in total. The zero-order valence-electron chi connectivity index (χ0n) is 13.4. The first kappa shape index (κ1) is 17.8. The molecule has 0 saturated carbocycles. The minimum Gasteiger partial charge on any atom is -0.497 e. The summed E-state index contributed by atoms with van der Waals surface area (Å²) in [6.07, 6.45) is -3.76. The van der Waals surface area contributed by atoms with E-state index in [9.17, 15) is 18.0 Å². The fourth-order valence-electron chi connectivity index (χ4n) is 2.28. The molecule has 2 aromatic rings. The molecule has 0 aliphatic heterocycles. The third kappa shape index (κ3) is 4.75. The molecule has 6 heteroatoms. The molecule has 0 bridgehead atoms. The molecular formula is C18H18F3NO2. The maximum Gasteiger partial charge on any atom is 0.416 e. The number of hydrogen-bond donors (Lipinski definition) is 1. The third-order valence-electron chi connectivity index (χ3n) is 3.63.